The highest BCUT2D eigenvalue weighted by Crippen LogP contribution is 2.15. The molecule has 2 rings (SSSR count). The average Bonchev–Trinajstić information content (AvgIpc) is 2.70. The number of aromatic carboxylic acids is 1. The summed E-state index contributed by atoms with van der Waals surface area (Å²) in [7, 11) is 0. The summed E-state index contributed by atoms with van der Waals surface area (Å²) in [5.74, 6) is -1.37. The molecule has 0 atom stereocenters. The van der Waals surface area contributed by atoms with E-state index in [1.165, 1.54) is 6.07 Å². The van der Waals surface area contributed by atoms with Crippen molar-refractivity contribution in [2.45, 2.75) is 0 Å². The molecule has 72 valence electrons. The molecule has 0 spiro atoms. The van der Waals surface area contributed by atoms with Crippen LogP contribution < -0.4 is 5.73 Å². The Labute approximate surface area is 76.7 Å². The summed E-state index contributed by atoms with van der Waals surface area (Å²) in [6.07, 6.45) is 0. The van der Waals surface area contributed by atoms with Crippen LogP contribution in [0.25, 0.3) is 11.6 Å². The van der Waals surface area contributed by atoms with Crippen molar-refractivity contribution >= 4 is 11.8 Å². The Morgan fingerprint density at radius 3 is 2.93 bits per heavy atom. The van der Waals surface area contributed by atoms with E-state index in [4.69, 9.17) is 10.8 Å². The van der Waals surface area contributed by atoms with Gasteiger partial charge in [-0.1, -0.05) is 0 Å². The zero-order valence-corrected chi connectivity index (χ0v) is 6.76. The smallest absolute Gasteiger partial charge is 0.377 e. The SMILES string of the molecule is Nc1cc(-c2nc(C(=O)O)no2)[nH]n1. The van der Waals surface area contributed by atoms with Crippen molar-refractivity contribution in [2.24, 2.45) is 0 Å². The summed E-state index contributed by atoms with van der Waals surface area (Å²) in [6, 6.07) is 1.46. The number of H-pyrrole nitrogens is 1. The molecule has 2 aromatic rings. The third-order valence-corrected chi connectivity index (χ3v) is 1.45. The third-order valence-electron chi connectivity index (χ3n) is 1.45. The van der Waals surface area contributed by atoms with Crippen molar-refractivity contribution in [3.63, 3.8) is 0 Å². The lowest BCUT2D eigenvalue weighted by Crippen LogP contribution is -1.98. The Morgan fingerprint density at radius 2 is 2.43 bits per heavy atom. The average molecular weight is 195 g/mol. The molecule has 0 aromatic carbocycles. The first-order chi connectivity index (χ1) is 6.66. The second kappa shape index (κ2) is 2.83. The van der Waals surface area contributed by atoms with Crippen LogP contribution >= 0.6 is 0 Å². The standard InChI is InChI=1S/C6H5N5O3/c7-3-1-2(9-10-3)5-8-4(6(12)13)11-14-5/h1H,(H,12,13)(H3,7,9,10). The lowest BCUT2D eigenvalue weighted by atomic mass is 10.4. The van der Waals surface area contributed by atoms with E-state index in [2.05, 4.69) is 24.9 Å². The van der Waals surface area contributed by atoms with Crippen molar-refractivity contribution in [1.29, 1.82) is 0 Å². The van der Waals surface area contributed by atoms with Gasteiger partial charge < -0.3 is 15.4 Å². The normalized spacial score (nSPS) is 10.3. The number of rotatable bonds is 2. The zero-order valence-electron chi connectivity index (χ0n) is 6.76. The quantitative estimate of drug-likeness (QED) is 0.601. The minimum absolute atomic E-state index is 0.0339. The molecule has 0 aliphatic heterocycles. The molecular formula is C6H5N5O3. The number of aromatic amines is 1. The molecular weight excluding hydrogens is 190 g/mol. The predicted molar refractivity (Wildman–Crippen MR) is 43.3 cm³/mol. The van der Waals surface area contributed by atoms with E-state index in [1.807, 2.05) is 0 Å². The van der Waals surface area contributed by atoms with Gasteiger partial charge >= 0.3 is 5.97 Å². The van der Waals surface area contributed by atoms with Crippen LogP contribution in [0.1, 0.15) is 10.6 Å². The second-order valence-corrected chi connectivity index (χ2v) is 2.43. The number of aromatic nitrogens is 4. The molecule has 0 saturated heterocycles. The molecule has 0 radical (unpaired) electrons. The lowest BCUT2D eigenvalue weighted by Gasteiger charge is -1.81. The molecule has 2 heterocycles. The van der Waals surface area contributed by atoms with Gasteiger partial charge in [0.1, 0.15) is 11.5 Å². The minimum atomic E-state index is -1.26. The maximum Gasteiger partial charge on any atom is 0.377 e. The van der Waals surface area contributed by atoms with Crippen molar-refractivity contribution in [3.8, 4) is 11.6 Å². The van der Waals surface area contributed by atoms with E-state index in [-0.39, 0.29) is 11.7 Å². The first kappa shape index (κ1) is 8.23. The molecule has 2 aromatic heterocycles. The first-order valence-corrected chi connectivity index (χ1v) is 3.55. The Balaban J connectivity index is 2.38. The summed E-state index contributed by atoms with van der Waals surface area (Å²) in [5.41, 5.74) is 5.71. The maximum atomic E-state index is 10.4. The number of nitrogens with one attached hydrogen (secondary N) is 1. The third kappa shape index (κ3) is 1.28. The Bertz CT molecular complexity index is 473. The van der Waals surface area contributed by atoms with Crippen LogP contribution in [-0.2, 0) is 0 Å². The van der Waals surface area contributed by atoms with Gasteiger partial charge in [-0.15, -0.1) is 0 Å². The molecule has 0 saturated carbocycles. The summed E-state index contributed by atoms with van der Waals surface area (Å²) in [6.45, 7) is 0. The highest BCUT2D eigenvalue weighted by atomic mass is 16.5. The molecule has 0 unspecified atom stereocenters. The second-order valence-electron chi connectivity index (χ2n) is 2.43. The van der Waals surface area contributed by atoms with Crippen molar-refractivity contribution in [3.05, 3.63) is 11.9 Å². The first-order valence-electron chi connectivity index (χ1n) is 3.55. The van der Waals surface area contributed by atoms with Crippen LogP contribution in [0.4, 0.5) is 5.82 Å². The van der Waals surface area contributed by atoms with E-state index < -0.39 is 11.8 Å². The number of anilines is 1. The highest BCUT2D eigenvalue weighted by molar-refractivity contribution is 5.83. The number of carbonyl (C=O) groups is 1. The van der Waals surface area contributed by atoms with Crippen LogP contribution in [0.3, 0.4) is 0 Å². The number of nitrogens with two attached hydrogens (primary N) is 1. The van der Waals surface area contributed by atoms with Crippen LogP contribution in [0.15, 0.2) is 10.6 Å². The fourth-order valence-electron chi connectivity index (χ4n) is 0.867. The van der Waals surface area contributed by atoms with Gasteiger partial charge in [-0.25, -0.2) is 4.79 Å². The molecule has 0 aliphatic carbocycles. The van der Waals surface area contributed by atoms with E-state index in [0.29, 0.717) is 5.69 Å². The number of hydrogen-bond donors (Lipinski definition) is 3. The Hall–Kier alpha value is -2.38. The van der Waals surface area contributed by atoms with Crippen LogP contribution in [0, 0.1) is 0 Å². The predicted octanol–water partition coefficient (Wildman–Crippen LogP) is -0.260. The Morgan fingerprint density at radius 1 is 1.64 bits per heavy atom. The van der Waals surface area contributed by atoms with Gasteiger partial charge in [-0.3, -0.25) is 5.10 Å². The Kier molecular flexibility index (Phi) is 1.67. The molecule has 0 bridgehead atoms. The summed E-state index contributed by atoms with van der Waals surface area (Å²) >= 11 is 0. The molecule has 0 amide bonds. The van der Waals surface area contributed by atoms with Gasteiger partial charge in [0, 0.05) is 6.07 Å². The van der Waals surface area contributed by atoms with Gasteiger partial charge in [0.05, 0.1) is 0 Å². The zero-order chi connectivity index (χ0) is 10.1. The number of nitrogen functional groups attached to an aromatic ring is 1. The van der Waals surface area contributed by atoms with Crippen molar-refractivity contribution < 1.29 is 14.4 Å². The van der Waals surface area contributed by atoms with E-state index in [9.17, 15) is 4.79 Å². The number of carboxylic acids is 1. The lowest BCUT2D eigenvalue weighted by molar-refractivity contribution is 0.0680. The van der Waals surface area contributed by atoms with Crippen molar-refractivity contribution in [1.82, 2.24) is 20.3 Å². The molecule has 8 heteroatoms. The topological polar surface area (TPSA) is 131 Å². The molecule has 0 fully saturated rings. The fraction of sp³-hybridized carbons (Fsp3) is 0. The van der Waals surface area contributed by atoms with Gasteiger partial charge in [-0.2, -0.15) is 10.1 Å². The monoisotopic (exact) mass is 195 g/mol. The summed E-state index contributed by atoms with van der Waals surface area (Å²) in [5, 5.41) is 17.9. The van der Waals surface area contributed by atoms with E-state index in [1.54, 1.807) is 0 Å². The number of hydrogen-bond acceptors (Lipinski definition) is 6. The van der Waals surface area contributed by atoms with Gasteiger partial charge in [0.2, 0.25) is 0 Å². The number of nitrogens with zero attached hydrogens (tertiary/aromatic N) is 3. The molecule has 4 N–H and O–H groups in total. The summed E-state index contributed by atoms with van der Waals surface area (Å²) in [4.78, 5) is 14.0. The van der Waals surface area contributed by atoms with E-state index in [0.717, 1.165) is 0 Å². The van der Waals surface area contributed by atoms with Crippen LogP contribution in [0.5, 0.6) is 0 Å². The van der Waals surface area contributed by atoms with Crippen LogP contribution in [0.2, 0.25) is 0 Å². The molecule has 14 heavy (non-hydrogen) atoms. The molecule has 8 nitrogen and oxygen atoms in total. The maximum absolute atomic E-state index is 10.4. The van der Waals surface area contributed by atoms with Crippen LogP contribution in [-0.4, -0.2) is 31.4 Å². The summed E-state index contributed by atoms with van der Waals surface area (Å²) < 4.78 is 4.66. The van der Waals surface area contributed by atoms with Crippen molar-refractivity contribution in [2.75, 3.05) is 5.73 Å². The van der Waals surface area contributed by atoms with Gasteiger partial charge in [-0.05, 0) is 5.16 Å². The highest BCUT2D eigenvalue weighted by Gasteiger charge is 2.15. The van der Waals surface area contributed by atoms with E-state index >= 15 is 0 Å². The van der Waals surface area contributed by atoms with Gasteiger partial charge in [0.25, 0.3) is 11.7 Å². The fourth-order valence-corrected chi connectivity index (χ4v) is 0.867. The van der Waals surface area contributed by atoms with Gasteiger partial charge in [0.15, 0.2) is 0 Å². The largest absolute Gasteiger partial charge is 0.475 e. The minimum Gasteiger partial charge on any atom is -0.475 e. The molecule has 0 aliphatic rings. The number of carboxylic acid groups (broad SMARTS) is 1.